The lowest BCUT2D eigenvalue weighted by Crippen LogP contribution is -2.30. The van der Waals surface area contributed by atoms with Gasteiger partial charge in [0.2, 0.25) is 0 Å². The van der Waals surface area contributed by atoms with Gasteiger partial charge in [-0.05, 0) is 50.2 Å². The van der Waals surface area contributed by atoms with Crippen molar-refractivity contribution in [2.24, 2.45) is 0 Å². The first kappa shape index (κ1) is 19.4. The van der Waals surface area contributed by atoms with Crippen LogP contribution in [-0.4, -0.2) is 26.7 Å². The number of nitro benzene ring substituents is 1. The van der Waals surface area contributed by atoms with Gasteiger partial charge >= 0.3 is 0 Å². The van der Waals surface area contributed by atoms with E-state index in [0.29, 0.717) is 28.0 Å². The van der Waals surface area contributed by atoms with Gasteiger partial charge in [-0.25, -0.2) is 4.68 Å². The zero-order valence-corrected chi connectivity index (χ0v) is 15.9. The van der Waals surface area contributed by atoms with E-state index >= 15 is 0 Å². The molecule has 0 aliphatic rings. The van der Waals surface area contributed by atoms with E-state index in [1.807, 2.05) is 0 Å². The highest BCUT2D eigenvalue weighted by atomic mass is 35.5. The van der Waals surface area contributed by atoms with Crippen LogP contribution in [0.25, 0.3) is 5.69 Å². The number of aromatic nitrogens is 2. The van der Waals surface area contributed by atoms with Crippen LogP contribution in [0.5, 0.6) is 5.75 Å². The molecule has 144 valence electrons. The molecule has 0 saturated heterocycles. The van der Waals surface area contributed by atoms with Crippen molar-refractivity contribution in [1.29, 1.82) is 0 Å². The van der Waals surface area contributed by atoms with Crippen molar-refractivity contribution in [3.05, 3.63) is 75.4 Å². The Kier molecular flexibility index (Phi) is 5.60. The lowest BCUT2D eigenvalue weighted by molar-refractivity contribution is -0.384. The van der Waals surface area contributed by atoms with Crippen molar-refractivity contribution in [2.45, 2.75) is 20.0 Å². The van der Waals surface area contributed by atoms with E-state index in [9.17, 15) is 14.9 Å². The Morgan fingerprint density at radius 3 is 2.46 bits per heavy atom. The number of hydrogen-bond donors (Lipinski definition) is 1. The molecule has 2 aromatic carbocycles. The second-order valence-corrected chi connectivity index (χ2v) is 6.50. The summed E-state index contributed by atoms with van der Waals surface area (Å²) in [6.45, 7) is 3.41. The Morgan fingerprint density at radius 2 is 1.86 bits per heavy atom. The molecule has 0 aliphatic heterocycles. The normalized spacial score (nSPS) is 11.7. The summed E-state index contributed by atoms with van der Waals surface area (Å²) in [7, 11) is 0. The van der Waals surface area contributed by atoms with E-state index in [2.05, 4.69) is 10.4 Å². The van der Waals surface area contributed by atoms with Gasteiger partial charge in [-0.1, -0.05) is 11.6 Å². The zero-order chi connectivity index (χ0) is 20.3. The number of nitrogens with zero attached hydrogens (tertiary/aromatic N) is 3. The van der Waals surface area contributed by atoms with E-state index in [1.165, 1.54) is 16.8 Å². The summed E-state index contributed by atoms with van der Waals surface area (Å²) < 4.78 is 7.13. The van der Waals surface area contributed by atoms with Crippen LogP contribution >= 0.6 is 11.6 Å². The number of anilines is 1. The lowest BCUT2D eigenvalue weighted by atomic mass is 10.3. The van der Waals surface area contributed by atoms with Gasteiger partial charge in [0, 0.05) is 23.2 Å². The molecule has 1 N–H and O–H groups in total. The molecular formula is C19H17ClN4O4. The second kappa shape index (κ2) is 8.10. The van der Waals surface area contributed by atoms with Gasteiger partial charge in [0.25, 0.3) is 11.6 Å². The summed E-state index contributed by atoms with van der Waals surface area (Å²) in [5.74, 6) is 0.591. The fourth-order valence-corrected chi connectivity index (χ4v) is 2.63. The van der Waals surface area contributed by atoms with Gasteiger partial charge in [0.15, 0.2) is 6.10 Å². The van der Waals surface area contributed by atoms with Crippen LogP contribution in [0.4, 0.5) is 11.5 Å². The van der Waals surface area contributed by atoms with Crippen LogP contribution < -0.4 is 10.1 Å². The lowest BCUT2D eigenvalue weighted by Gasteiger charge is -2.15. The minimum absolute atomic E-state index is 0.0248. The molecule has 8 nitrogen and oxygen atoms in total. The van der Waals surface area contributed by atoms with E-state index in [1.54, 1.807) is 56.3 Å². The van der Waals surface area contributed by atoms with Gasteiger partial charge in [0.05, 0.1) is 16.3 Å². The van der Waals surface area contributed by atoms with Crippen molar-refractivity contribution in [1.82, 2.24) is 9.78 Å². The SMILES string of the molecule is Cc1cc(NC(=O)C(C)Oc2ccc(Cl)cc2)n(-c2ccc([N+](=O)[O-])cc2)n1. The number of benzene rings is 2. The molecule has 1 atom stereocenters. The number of ether oxygens (including phenoxy) is 1. The average Bonchev–Trinajstić information content (AvgIpc) is 3.03. The number of carbonyl (C=O) groups is 1. The molecule has 3 aromatic rings. The maximum atomic E-state index is 12.5. The third kappa shape index (κ3) is 4.47. The molecule has 28 heavy (non-hydrogen) atoms. The molecular weight excluding hydrogens is 384 g/mol. The predicted molar refractivity (Wildman–Crippen MR) is 105 cm³/mol. The predicted octanol–water partition coefficient (Wildman–Crippen LogP) is 4.15. The standard InChI is InChI=1S/C19H17ClN4O4/c1-12-11-18(23(22-12)15-5-7-16(8-6-15)24(26)27)21-19(25)13(2)28-17-9-3-14(20)4-10-17/h3-11,13H,1-2H3,(H,21,25). The van der Waals surface area contributed by atoms with Crippen LogP contribution in [0.1, 0.15) is 12.6 Å². The number of halogens is 1. The van der Waals surface area contributed by atoms with Crippen LogP contribution in [-0.2, 0) is 4.79 Å². The summed E-state index contributed by atoms with van der Waals surface area (Å²) >= 11 is 5.84. The highest BCUT2D eigenvalue weighted by Crippen LogP contribution is 2.21. The highest BCUT2D eigenvalue weighted by Gasteiger charge is 2.18. The minimum Gasteiger partial charge on any atom is -0.481 e. The first-order chi connectivity index (χ1) is 13.3. The quantitative estimate of drug-likeness (QED) is 0.495. The Labute approximate surface area is 165 Å². The smallest absolute Gasteiger partial charge is 0.269 e. The van der Waals surface area contributed by atoms with Crippen LogP contribution in [0.2, 0.25) is 5.02 Å². The molecule has 0 radical (unpaired) electrons. The molecule has 9 heteroatoms. The number of amides is 1. The number of hydrogen-bond acceptors (Lipinski definition) is 5. The van der Waals surface area contributed by atoms with Crippen molar-refractivity contribution < 1.29 is 14.5 Å². The summed E-state index contributed by atoms with van der Waals surface area (Å²) in [4.78, 5) is 22.9. The molecule has 0 aliphatic carbocycles. The van der Waals surface area contributed by atoms with Crippen molar-refractivity contribution >= 4 is 29.0 Å². The molecule has 1 aromatic heterocycles. The third-order valence-corrected chi connectivity index (χ3v) is 4.14. The molecule has 1 heterocycles. The molecule has 0 fully saturated rings. The van der Waals surface area contributed by atoms with Crippen LogP contribution in [0.3, 0.4) is 0 Å². The van der Waals surface area contributed by atoms with Gasteiger partial charge in [0.1, 0.15) is 11.6 Å². The number of carbonyl (C=O) groups excluding carboxylic acids is 1. The number of aryl methyl sites for hydroxylation is 1. The van der Waals surface area contributed by atoms with Gasteiger partial charge in [-0.3, -0.25) is 14.9 Å². The fourth-order valence-electron chi connectivity index (χ4n) is 2.50. The molecule has 3 rings (SSSR count). The van der Waals surface area contributed by atoms with Crippen LogP contribution in [0.15, 0.2) is 54.6 Å². The summed E-state index contributed by atoms with van der Waals surface area (Å²) in [5.41, 5.74) is 1.24. The van der Waals surface area contributed by atoms with E-state index < -0.39 is 11.0 Å². The maximum absolute atomic E-state index is 12.5. The third-order valence-electron chi connectivity index (χ3n) is 3.88. The summed E-state index contributed by atoms with van der Waals surface area (Å²) in [6, 6.07) is 14.3. The maximum Gasteiger partial charge on any atom is 0.269 e. The van der Waals surface area contributed by atoms with Gasteiger partial charge in [-0.15, -0.1) is 0 Å². The molecule has 0 saturated carbocycles. The Hall–Kier alpha value is -3.39. The Balaban J connectivity index is 1.75. The molecule has 0 spiro atoms. The molecule has 1 amide bonds. The largest absolute Gasteiger partial charge is 0.481 e. The highest BCUT2D eigenvalue weighted by molar-refractivity contribution is 6.30. The first-order valence-corrected chi connectivity index (χ1v) is 8.76. The molecule has 0 bridgehead atoms. The van der Waals surface area contributed by atoms with E-state index in [-0.39, 0.29) is 11.6 Å². The van der Waals surface area contributed by atoms with Gasteiger partial charge < -0.3 is 10.1 Å². The summed E-state index contributed by atoms with van der Waals surface area (Å²) in [5, 5.41) is 18.5. The van der Waals surface area contributed by atoms with Crippen molar-refractivity contribution in [2.75, 3.05) is 5.32 Å². The number of nitro groups is 1. The topological polar surface area (TPSA) is 99.3 Å². The Bertz CT molecular complexity index is 1000. The van der Waals surface area contributed by atoms with E-state index in [0.717, 1.165) is 0 Å². The fraction of sp³-hybridized carbons (Fsp3) is 0.158. The van der Waals surface area contributed by atoms with Crippen molar-refractivity contribution in [3.8, 4) is 11.4 Å². The number of rotatable bonds is 6. The van der Waals surface area contributed by atoms with Crippen molar-refractivity contribution in [3.63, 3.8) is 0 Å². The van der Waals surface area contributed by atoms with Crippen LogP contribution in [0, 0.1) is 17.0 Å². The van der Waals surface area contributed by atoms with Gasteiger partial charge in [-0.2, -0.15) is 5.10 Å². The number of nitrogens with one attached hydrogen (secondary N) is 1. The minimum atomic E-state index is -0.762. The second-order valence-electron chi connectivity index (χ2n) is 6.06. The van der Waals surface area contributed by atoms with E-state index in [4.69, 9.17) is 16.3 Å². The number of non-ortho nitro benzene ring substituents is 1. The Morgan fingerprint density at radius 1 is 1.21 bits per heavy atom. The average molecular weight is 401 g/mol. The zero-order valence-electron chi connectivity index (χ0n) is 15.1. The first-order valence-electron chi connectivity index (χ1n) is 8.38. The monoisotopic (exact) mass is 400 g/mol. The molecule has 1 unspecified atom stereocenters. The summed E-state index contributed by atoms with van der Waals surface area (Å²) in [6.07, 6.45) is -0.762.